The maximum absolute atomic E-state index is 5.79. The van der Waals surface area contributed by atoms with Crippen molar-refractivity contribution in [2.75, 3.05) is 10.2 Å². The van der Waals surface area contributed by atoms with Crippen molar-refractivity contribution in [2.45, 2.75) is 24.9 Å². The number of hydrogen-bond acceptors (Lipinski definition) is 3. The Hall–Kier alpha value is -8.73. The summed E-state index contributed by atoms with van der Waals surface area (Å²) in [7, 11) is 0. The molecule has 0 bridgehead atoms. The van der Waals surface area contributed by atoms with Crippen molar-refractivity contribution in [2.24, 2.45) is 0 Å². The van der Waals surface area contributed by atoms with Crippen LogP contribution in [0.4, 0.5) is 17.1 Å². The fourth-order valence-electron chi connectivity index (χ4n) is 12.7. The second-order valence-corrected chi connectivity index (χ2v) is 18.9. The van der Waals surface area contributed by atoms with Gasteiger partial charge < -0.3 is 14.8 Å². The lowest BCUT2D eigenvalue weighted by Crippen LogP contribution is -2.30. The maximum Gasteiger partial charge on any atom is 0.104 e. The van der Waals surface area contributed by atoms with Gasteiger partial charge in [0, 0.05) is 38.5 Å². The lowest BCUT2D eigenvalue weighted by atomic mass is 9.70. The van der Waals surface area contributed by atoms with Crippen LogP contribution in [0.3, 0.4) is 0 Å². The molecule has 3 aliphatic rings. The number of benzene rings is 10. The monoisotopic (exact) mass is 880 g/mol. The van der Waals surface area contributed by atoms with Gasteiger partial charge in [0.05, 0.1) is 39.0 Å². The quantitative estimate of drug-likeness (QED) is 0.175. The fraction of sp³-hybridized carbons (Fsp3) is 0.0615. The Balaban J connectivity index is 1.03. The predicted octanol–water partition coefficient (Wildman–Crippen LogP) is 16.5. The Labute approximate surface area is 400 Å². The summed E-state index contributed by atoms with van der Waals surface area (Å²) in [6.45, 7) is 2.25. The van der Waals surface area contributed by atoms with Crippen LogP contribution in [0.1, 0.15) is 35.6 Å². The second-order valence-electron chi connectivity index (χ2n) is 18.9. The fourth-order valence-corrected chi connectivity index (χ4v) is 12.7. The van der Waals surface area contributed by atoms with E-state index in [4.69, 9.17) is 4.98 Å². The SMILES string of the molecule is CCC1Nc2ccccc2N1c1ccc(-c2cc(-c3nc4ccccc4c4ccc5c(c34)-c3ccccc3C53c4ccccc4-c4ccccc43)cc(-n3c4ccccc4c4ccccc43)c2)cc1. The molecule has 0 amide bonds. The minimum atomic E-state index is -0.476. The molecule has 10 aromatic carbocycles. The molecular weight excluding hydrogens is 837 g/mol. The Kier molecular flexibility index (Phi) is 8.00. The number of nitrogens with zero attached hydrogens (tertiary/aromatic N) is 3. The molecule has 3 heterocycles. The number of fused-ring (bicyclic) bond motifs is 18. The van der Waals surface area contributed by atoms with Crippen molar-refractivity contribution in [1.82, 2.24) is 9.55 Å². The van der Waals surface area contributed by atoms with Crippen molar-refractivity contribution in [3.05, 3.63) is 247 Å². The summed E-state index contributed by atoms with van der Waals surface area (Å²) in [5.41, 5.74) is 22.3. The molecule has 4 nitrogen and oxygen atoms in total. The molecule has 69 heavy (non-hydrogen) atoms. The number of anilines is 3. The number of pyridine rings is 1. The molecule has 1 atom stereocenters. The molecule has 1 spiro atoms. The summed E-state index contributed by atoms with van der Waals surface area (Å²) in [6.07, 6.45) is 1.16. The first-order chi connectivity index (χ1) is 34.2. The van der Waals surface area contributed by atoms with Crippen molar-refractivity contribution >= 4 is 60.5 Å². The first-order valence-electron chi connectivity index (χ1n) is 24.2. The van der Waals surface area contributed by atoms with Gasteiger partial charge in [0.15, 0.2) is 0 Å². The van der Waals surface area contributed by atoms with E-state index in [0.29, 0.717) is 0 Å². The van der Waals surface area contributed by atoms with E-state index in [9.17, 15) is 0 Å². The zero-order valence-electron chi connectivity index (χ0n) is 38.0. The third-order valence-corrected chi connectivity index (χ3v) is 15.5. The van der Waals surface area contributed by atoms with Crippen LogP contribution in [-0.2, 0) is 5.41 Å². The van der Waals surface area contributed by atoms with E-state index in [1.54, 1.807) is 0 Å². The predicted molar refractivity (Wildman–Crippen MR) is 287 cm³/mol. The van der Waals surface area contributed by atoms with Crippen LogP contribution in [0.5, 0.6) is 0 Å². The van der Waals surface area contributed by atoms with Gasteiger partial charge in [-0.1, -0.05) is 171 Å². The molecular formula is C65H44N4. The van der Waals surface area contributed by atoms with Gasteiger partial charge >= 0.3 is 0 Å². The summed E-state index contributed by atoms with van der Waals surface area (Å²) in [6, 6.07) is 83.4. The highest BCUT2D eigenvalue weighted by atomic mass is 15.3. The molecule has 2 aliphatic carbocycles. The van der Waals surface area contributed by atoms with Crippen molar-refractivity contribution < 1.29 is 0 Å². The smallest absolute Gasteiger partial charge is 0.104 e. The van der Waals surface area contributed by atoms with Crippen molar-refractivity contribution in [1.29, 1.82) is 0 Å². The van der Waals surface area contributed by atoms with Crippen LogP contribution < -0.4 is 10.2 Å². The lowest BCUT2D eigenvalue weighted by molar-refractivity contribution is 0.728. The van der Waals surface area contributed by atoms with Crippen LogP contribution in [-0.4, -0.2) is 15.7 Å². The molecule has 12 aromatic rings. The lowest BCUT2D eigenvalue weighted by Gasteiger charge is -2.30. The van der Waals surface area contributed by atoms with Gasteiger partial charge in [-0.25, -0.2) is 4.98 Å². The Morgan fingerprint density at radius 2 is 1.04 bits per heavy atom. The average molecular weight is 881 g/mol. The highest BCUT2D eigenvalue weighted by molar-refractivity contribution is 6.19. The van der Waals surface area contributed by atoms with E-state index < -0.39 is 5.41 Å². The van der Waals surface area contributed by atoms with Crippen LogP contribution in [0.2, 0.25) is 0 Å². The molecule has 15 rings (SSSR count). The molecule has 1 unspecified atom stereocenters. The number of para-hydroxylation sites is 5. The zero-order chi connectivity index (χ0) is 45.4. The number of rotatable bonds is 5. The molecule has 0 saturated carbocycles. The summed E-state index contributed by atoms with van der Waals surface area (Å²) < 4.78 is 2.45. The third-order valence-electron chi connectivity index (χ3n) is 15.5. The Morgan fingerprint density at radius 1 is 0.464 bits per heavy atom. The van der Waals surface area contributed by atoms with Crippen molar-refractivity contribution in [3.8, 4) is 50.3 Å². The Bertz CT molecular complexity index is 4020. The van der Waals surface area contributed by atoms with Crippen LogP contribution >= 0.6 is 0 Å². The van der Waals surface area contributed by atoms with E-state index in [0.717, 1.165) is 45.4 Å². The summed E-state index contributed by atoms with van der Waals surface area (Å²) >= 11 is 0. The van der Waals surface area contributed by atoms with Gasteiger partial charge in [0.2, 0.25) is 0 Å². The van der Waals surface area contributed by atoms with E-state index in [-0.39, 0.29) is 6.17 Å². The van der Waals surface area contributed by atoms with Crippen LogP contribution in [0.15, 0.2) is 224 Å². The summed E-state index contributed by atoms with van der Waals surface area (Å²) in [5.74, 6) is 0. The average Bonchev–Trinajstić information content (AvgIpc) is 4.14. The number of hydrogen-bond donors (Lipinski definition) is 1. The number of aromatic nitrogens is 2. The third kappa shape index (κ3) is 5.20. The molecule has 0 fully saturated rings. The zero-order valence-corrected chi connectivity index (χ0v) is 38.0. The van der Waals surface area contributed by atoms with E-state index in [1.807, 2.05) is 0 Å². The summed E-state index contributed by atoms with van der Waals surface area (Å²) in [5, 5.41) is 9.77. The number of nitrogens with one attached hydrogen (secondary N) is 1. The van der Waals surface area contributed by atoms with E-state index >= 15 is 0 Å². The first kappa shape index (κ1) is 38.4. The molecule has 2 aromatic heterocycles. The van der Waals surface area contributed by atoms with Gasteiger partial charge in [-0.05, 0) is 128 Å². The van der Waals surface area contributed by atoms with Gasteiger partial charge in [0.1, 0.15) is 6.17 Å². The molecule has 0 saturated heterocycles. The standard InChI is InChI=1S/C65H44N4/c1-2-61-66-57-27-13-16-30-60(57)69(61)43-33-31-40(32-34-43)41-37-42(39-44(38-41)68-58-28-14-7-20-48(58)49-21-8-15-29-59(49)68)64-63-50(47-19-6-12-26-56(47)67-64)35-36-55-62(63)51-22-5-11-25-54(51)65(55)52-23-9-3-17-45(52)46-18-4-10-24-53(46)65/h3-39,61,66H,2H2,1H3. The molecule has 324 valence electrons. The highest BCUT2D eigenvalue weighted by Gasteiger charge is 2.52. The maximum atomic E-state index is 5.79. The second kappa shape index (κ2) is 14.4. The molecule has 1 N–H and O–H groups in total. The minimum Gasteiger partial charge on any atom is -0.363 e. The summed E-state index contributed by atoms with van der Waals surface area (Å²) in [4.78, 5) is 8.23. The topological polar surface area (TPSA) is 33.1 Å². The first-order valence-corrected chi connectivity index (χ1v) is 24.2. The molecule has 1 aliphatic heterocycles. The van der Waals surface area contributed by atoms with Crippen LogP contribution in [0, 0.1) is 0 Å². The molecule has 4 heteroatoms. The Morgan fingerprint density at radius 3 is 1.75 bits per heavy atom. The highest BCUT2D eigenvalue weighted by Crippen LogP contribution is 2.64. The largest absolute Gasteiger partial charge is 0.363 e. The van der Waals surface area contributed by atoms with Gasteiger partial charge in [-0.15, -0.1) is 0 Å². The minimum absolute atomic E-state index is 0.183. The van der Waals surface area contributed by atoms with E-state index in [1.165, 1.54) is 94.1 Å². The van der Waals surface area contributed by atoms with E-state index in [2.05, 4.69) is 246 Å². The normalized spacial score (nSPS) is 14.9. The van der Waals surface area contributed by atoms with Gasteiger partial charge in [0.25, 0.3) is 0 Å². The van der Waals surface area contributed by atoms with Gasteiger partial charge in [-0.3, -0.25) is 0 Å². The van der Waals surface area contributed by atoms with Crippen LogP contribution in [0.25, 0.3) is 93.8 Å². The molecule has 0 radical (unpaired) electrons. The van der Waals surface area contributed by atoms with Crippen molar-refractivity contribution in [3.63, 3.8) is 0 Å². The van der Waals surface area contributed by atoms with Gasteiger partial charge in [-0.2, -0.15) is 0 Å².